The number of ether oxygens (including phenoxy) is 3. The number of fused-ring (bicyclic) bond motifs is 1. The van der Waals surface area contributed by atoms with Gasteiger partial charge < -0.3 is 28.4 Å². The van der Waals surface area contributed by atoms with Crippen molar-refractivity contribution in [3.63, 3.8) is 0 Å². The molecule has 5 rings (SSSR count). The number of furan rings is 1. The van der Waals surface area contributed by atoms with E-state index in [-0.39, 0.29) is 19.0 Å². The van der Waals surface area contributed by atoms with Gasteiger partial charge in [-0.15, -0.1) is 0 Å². The lowest BCUT2D eigenvalue weighted by atomic mass is 10.1. The van der Waals surface area contributed by atoms with Crippen molar-refractivity contribution in [2.24, 2.45) is 0 Å². The molecule has 0 atom stereocenters. The third-order valence-corrected chi connectivity index (χ3v) is 6.38. The zero-order valence-corrected chi connectivity index (χ0v) is 20.8. The summed E-state index contributed by atoms with van der Waals surface area (Å²) < 4.78 is 35.9. The van der Waals surface area contributed by atoms with Gasteiger partial charge in [-0.1, -0.05) is 0 Å². The first-order chi connectivity index (χ1) is 18.1. The van der Waals surface area contributed by atoms with Crippen molar-refractivity contribution in [2.45, 2.75) is 13.1 Å². The Balaban J connectivity index is 1.61. The van der Waals surface area contributed by atoms with Crippen LogP contribution in [-0.2, 0) is 17.8 Å². The number of benzene rings is 2. The van der Waals surface area contributed by atoms with Crippen molar-refractivity contribution in [1.82, 2.24) is 9.88 Å². The predicted octanol–water partition coefficient (Wildman–Crippen LogP) is 4.66. The normalized spacial score (nSPS) is 13.5. The molecular weight excluding hydrogens is 477 g/mol. The number of halogens is 1. The molecule has 8 nitrogen and oxygen atoms in total. The van der Waals surface area contributed by atoms with E-state index in [1.165, 1.54) is 24.3 Å². The molecule has 0 spiro atoms. The predicted molar refractivity (Wildman–Crippen MR) is 137 cm³/mol. The number of nitrogens with zero attached hydrogens (tertiary/aromatic N) is 3. The van der Waals surface area contributed by atoms with Crippen molar-refractivity contribution >= 4 is 22.6 Å². The van der Waals surface area contributed by atoms with E-state index in [2.05, 4.69) is 4.90 Å². The van der Waals surface area contributed by atoms with Crippen LogP contribution >= 0.6 is 0 Å². The Morgan fingerprint density at radius 1 is 1.03 bits per heavy atom. The van der Waals surface area contributed by atoms with Crippen LogP contribution in [0.4, 0.5) is 10.2 Å². The molecule has 192 valence electrons. The molecule has 1 saturated heterocycles. The van der Waals surface area contributed by atoms with Crippen molar-refractivity contribution in [3.8, 4) is 11.5 Å². The number of aromatic nitrogens is 1. The largest absolute Gasteiger partial charge is 0.496 e. The van der Waals surface area contributed by atoms with Crippen LogP contribution in [0.15, 0.2) is 65.3 Å². The summed E-state index contributed by atoms with van der Waals surface area (Å²) in [6.45, 7) is 2.98. The van der Waals surface area contributed by atoms with E-state index in [0.717, 1.165) is 16.8 Å². The number of methoxy groups -OCH3 is 2. The molecule has 1 fully saturated rings. The Labute approximate surface area is 214 Å². The standard InChI is InChI=1S/C28H28FN3O5/c1-34-24-9-10-25(35-2)26-23(24)16-20(27(30-26)31-11-14-36-15-12-31)17-32(18-22-4-3-13-37-22)28(33)19-5-7-21(29)8-6-19/h3-10,13,16H,11-12,14-15,17-18H2,1-2H3. The highest BCUT2D eigenvalue weighted by molar-refractivity contribution is 5.95. The Morgan fingerprint density at radius 2 is 1.76 bits per heavy atom. The highest BCUT2D eigenvalue weighted by Gasteiger charge is 2.24. The maximum absolute atomic E-state index is 13.6. The van der Waals surface area contributed by atoms with Gasteiger partial charge in [-0.3, -0.25) is 4.79 Å². The zero-order chi connectivity index (χ0) is 25.8. The van der Waals surface area contributed by atoms with E-state index in [1.807, 2.05) is 24.3 Å². The van der Waals surface area contributed by atoms with Gasteiger partial charge in [0.05, 0.1) is 46.8 Å². The molecule has 2 aromatic carbocycles. The fraction of sp³-hybridized carbons (Fsp3) is 0.286. The van der Waals surface area contributed by atoms with E-state index < -0.39 is 5.82 Å². The molecule has 0 saturated carbocycles. The molecule has 1 amide bonds. The molecule has 0 N–H and O–H groups in total. The molecule has 0 radical (unpaired) electrons. The van der Waals surface area contributed by atoms with Gasteiger partial charge in [-0.25, -0.2) is 9.37 Å². The van der Waals surface area contributed by atoms with E-state index in [1.54, 1.807) is 31.4 Å². The number of anilines is 1. The third kappa shape index (κ3) is 5.22. The number of carbonyl (C=O) groups is 1. The fourth-order valence-corrected chi connectivity index (χ4v) is 4.52. The van der Waals surface area contributed by atoms with Gasteiger partial charge in [-0.2, -0.15) is 0 Å². The number of morpholine rings is 1. The monoisotopic (exact) mass is 505 g/mol. The van der Waals surface area contributed by atoms with Crippen molar-refractivity contribution < 1.29 is 27.8 Å². The van der Waals surface area contributed by atoms with Gasteiger partial charge in [-0.05, 0) is 54.6 Å². The van der Waals surface area contributed by atoms with Crippen molar-refractivity contribution in [1.29, 1.82) is 0 Å². The molecule has 2 aromatic heterocycles. The smallest absolute Gasteiger partial charge is 0.254 e. The van der Waals surface area contributed by atoms with E-state index in [9.17, 15) is 9.18 Å². The summed E-state index contributed by atoms with van der Waals surface area (Å²) in [5, 5.41) is 0.779. The molecule has 37 heavy (non-hydrogen) atoms. The van der Waals surface area contributed by atoms with E-state index in [0.29, 0.717) is 54.6 Å². The molecule has 0 aliphatic carbocycles. The minimum absolute atomic E-state index is 0.235. The molecular formula is C28H28FN3O5. The fourth-order valence-electron chi connectivity index (χ4n) is 4.52. The zero-order valence-electron chi connectivity index (χ0n) is 20.8. The number of pyridine rings is 1. The quantitative estimate of drug-likeness (QED) is 0.345. The summed E-state index contributed by atoms with van der Waals surface area (Å²) in [7, 11) is 3.22. The average Bonchev–Trinajstić information content (AvgIpc) is 3.45. The molecule has 1 aliphatic heterocycles. The third-order valence-electron chi connectivity index (χ3n) is 6.38. The van der Waals surface area contributed by atoms with Gasteiger partial charge in [0, 0.05) is 29.6 Å². The maximum atomic E-state index is 13.6. The highest BCUT2D eigenvalue weighted by Crippen LogP contribution is 2.36. The van der Waals surface area contributed by atoms with Crippen LogP contribution in [0.5, 0.6) is 11.5 Å². The average molecular weight is 506 g/mol. The lowest BCUT2D eigenvalue weighted by molar-refractivity contribution is 0.0717. The SMILES string of the molecule is COc1ccc(OC)c2nc(N3CCOCC3)c(CN(Cc3ccco3)C(=O)c3ccc(F)cc3)cc12. The Bertz CT molecular complexity index is 1370. The molecule has 0 unspecified atom stereocenters. The first-order valence-corrected chi connectivity index (χ1v) is 12.0. The number of rotatable bonds is 8. The van der Waals surface area contributed by atoms with Crippen LogP contribution in [0.3, 0.4) is 0 Å². The second kappa shape index (κ2) is 10.9. The second-order valence-corrected chi connectivity index (χ2v) is 8.68. The topological polar surface area (TPSA) is 77.3 Å². The molecule has 0 bridgehead atoms. The minimum Gasteiger partial charge on any atom is -0.496 e. The van der Waals surface area contributed by atoms with Gasteiger partial charge in [0.15, 0.2) is 0 Å². The Morgan fingerprint density at radius 3 is 2.43 bits per heavy atom. The highest BCUT2D eigenvalue weighted by atomic mass is 19.1. The lowest BCUT2D eigenvalue weighted by Gasteiger charge is -2.31. The van der Waals surface area contributed by atoms with E-state index in [4.69, 9.17) is 23.6 Å². The Hall–Kier alpha value is -4.11. The summed E-state index contributed by atoms with van der Waals surface area (Å²) >= 11 is 0. The first-order valence-electron chi connectivity index (χ1n) is 12.0. The van der Waals surface area contributed by atoms with Crippen LogP contribution in [0.2, 0.25) is 0 Å². The number of amides is 1. The van der Waals surface area contributed by atoms with Crippen LogP contribution in [-0.4, -0.2) is 56.3 Å². The second-order valence-electron chi connectivity index (χ2n) is 8.68. The van der Waals surface area contributed by atoms with Gasteiger partial charge in [0.25, 0.3) is 5.91 Å². The maximum Gasteiger partial charge on any atom is 0.254 e. The molecule has 1 aliphatic rings. The van der Waals surface area contributed by atoms with Crippen LogP contribution in [0.1, 0.15) is 21.7 Å². The summed E-state index contributed by atoms with van der Waals surface area (Å²) in [5.74, 6) is 2.02. The number of hydrogen-bond donors (Lipinski definition) is 0. The summed E-state index contributed by atoms with van der Waals surface area (Å²) in [6.07, 6.45) is 1.57. The minimum atomic E-state index is -0.400. The number of hydrogen-bond acceptors (Lipinski definition) is 7. The van der Waals surface area contributed by atoms with Gasteiger partial charge in [0.1, 0.15) is 34.4 Å². The summed E-state index contributed by atoms with van der Waals surface area (Å²) in [6, 6.07) is 14.8. The molecule has 3 heterocycles. The summed E-state index contributed by atoms with van der Waals surface area (Å²) in [5.41, 5.74) is 1.89. The van der Waals surface area contributed by atoms with Crippen LogP contribution < -0.4 is 14.4 Å². The van der Waals surface area contributed by atoms with Gasteiger partial charge >= 0.3 is 0 Å². The van der Waals surface area contributed by atoms with Crippen LogP contribution in [0.25, 0.3) is 10.9 Å². The summed E-state index contributed by atoms with van der Waals surface area (Å²) in [4.78, 5) is 22.5. The van der Waals surface area contributed by atoms with Crippen molar-refractivity contribution in [2.75, 3.05) is 45.4 Å². The Kier molecular flexibility index (Phi) is 7.23. The first kappa shape index (κ1) is 24.6. The van der Waals surface area contributed by atoms with Crippen molar-refractivity contribution in [3.05, 3.63) is 83.6 Å². The molecule has 9 heteroatoms. The number of carbonyl (C=O) groups excluding carboxylic acids is 1. The van der Waals surface area contributed by atoms with Crippen LogP contribution in [0, 0.1) is 5.82 Å². The van der Waals surface area contributed by atoms with Gasteiger partial charge in [0.2, 0.25) is 0 Å². The lowest BCUT2D eigenvalue weighted by Crippen LogP contribution is -2.38. The molecule has 4 aromatic rings. The van der Waals surface area contributed by atoms with E-state index >= 15 is 0 Å².